The van der Waals surface area contributed by atoms with Gasteiger partial charge < -0.3 is 18.8 Å². The fraction of sp³-hybridized carbons (Fsp3) is 0.500. The normalized spacial score (nSPS) is 10.0. The van der Waals surface area contributed by atoms with Gasteiger partial charge in [0.2, 0.25) is 0 Å². The Morgan fingerprint density at radius 1 is 1.00 bits per heavy atom. The van der Waals surface area contributed by atoms with Crippen LogP contribution in [0, 0.1) is 0 Å². The molecule has 8 heteroatoms. The average molecular weight is 312 g/mol. The van der Waals surface area contributed by atoms with Crippen LogP contribution in [-0.2, 0) is 21.3 Å². The minimum Gasteiger partial charge on any atom is -0.462 e. The Morgan fingerprint density at radius 3 is 2.09 bits per heavy atom. The Balaban J connectivity index is 3.26. The van der Waals surface area contributed by atoms with Gasteiger partial charge in [0.05, 0.1) is 25.4 Å². The topological polar surface area (TPSA) is 95.9 Å². The number of hydrogen-bond acceptors (Lipinski definition) is 6. The van der Waals surface area contributed by atoms with Crippen molar-refractivity contribution in [1.29, 1.82) is 0 Å². The van der Waals surface area contributed by atoms with Crippen LogP contribution in [0.3, 0.4) is 0 Å². The lowest BCUT2D eigenvalue weighted by Gasteiger charge is -2.09. The van der Waals surface area contributed by atoms with Crippen LogP contribution >= 0.6 is 0 Å². The molecule has 0 aliphatic carbocycles. The molecule has 1 aromatic heterocycles. The quantitative estimate of drug-likeness (QED) is 0.637. The molecular weight excluding hydrogens is 292 g/mol. The lowest BCUT2D eigenvalue weighted by atomic mass is 10.2. The Hall–Kier alpha value is -2.51. The number of carbonyl (C=O) groups is 3. The number of esters is 2. The Labute approximate surface area is 128 Å². The summed E-state index contributed by atoms with van der Waals surface area (Å²) in [5.74, 6) is -1.28. The first-order valence-corrected chi connectivity index (χ1v) is 6.93. The number of carbonyl (C=O) groups excluding carboxylic acids is 3. The highest BCUT2D eigenvalue weighted by Crippen LogP contribution is 2.24. The van der Waals surface area contributed by atoms with Crippen LogP contribution in [0.25, 0.3) is 0 Å². The summed E-state index contributed by atoms with van der Waals surface area (Å²) in [5.41, 5.74) is -0.0366. The van der Waals surface area contributed by atoms with Gasteiger partial charge in [0.25, 0.3) is 0 Å². The second-order valence-electron chi connectivity index (χ2n) is 4.16. The highest BCUT2D eigenvalue weighted by Gasteiger charge is 2.28. The molecule has 0 aliphatic rings. The second-order valence-corrected chi connectivity index (χ2v) is 4.16. The van der Waals surface area contributed by atoms with Crippen molar-refractivity contribution in [3.05, 3.63) is 17.3 Å². The van der Waals surface area contributed by atoms with E-state index in [4.69, 9.17) is 14.2 Å². The molecule has 122 valence electrons. The smallest absolute Gasteiger partial charge is 0.412 e. The molecule has 1 amide bonds. The fourth-order valence-corrected chi connectivity index (χ4v) is 1.81. The van der Waals surface area contributed by atoms with E-state index >= 15 is 0 Å². The van der Waals surface area contributed by atoms with Gasteiger partial charge in [-0.25, -0.2) is 14.4 Å². The number of hydrogen-bond donors (Lipinski definition) is 1. The summed E-state index contributed by atoms with van der Waals surface area (Å²) in [6, 6.07) is 0. The molecule has 0 bridgehead atoms. The number of rotatable bonds is 6. The van der Waals surface area contributed by atoms with Crippen LogP contribution in [0.2, 0.25) is 0 Å². The summed E-state index contributed by atoms with van der Waals surface area (Å²) in [6.07, 6.45) is 0.663. The molecule has 0 fully saturated rings. The standard InChI is InChI=1S/C14H20N2O6/c1-5-20-12(17)9-8-16(4)11(15-14(19)22-7-3)10(9)13(18)21-6-2/h8H,5-7H2,1-4H3,(H,15,19). The van der Waals surface area contributed by atoms with Crippen LogP contribution in [0.4, 0.5) is 10.6 Å². The van der Waals surface area contributed by atoms with E-state index in [1.807, 2.05) is 0 Å². The SMILES string of the molecule is CCOC(=O)Nc1c(C(=O)OCC)c(C(=O)OCC)cn1C. The van der Waals surface area contributed by atoms with Crippen molar-refractivity contribution in [2.75, 3.05) is 25.1 Å². The van der Waals surface area contributed by atoms with Crippen molar-refractivity contribution in [2.24, 2.45) is 7.05 Å². The number of aryl methyl sites for hydroxylation is 1. The van der Waals surface area contributed by atoms with E-state index < -0.39 is 18.0 Å². The molecule has 0 aromatic carbocycles. The van der Waals surface area contributed by atoms with Crippen molar-refractivity contribution in [2.45, 2.75) is 20.8 Å². The van der Waals surface area contributed by atoms with E-state index in [1.165, 1.54) is 10.8 Å². The highest BCUT2D eigenvalue weighted by molar-refractivity contribution is 6.08. The summed E-state index contributed by atoms with van der Waals surface area (Å²) < 4.78 is 16.1. The van der Waals surface area contributed by atoms with Gasteiger partial charge in [-0.1, -0.05) is 0 Å². The molecule has 8 nitrogen and oxygen atoms in total. The summed E-state index contributed by atoms with van der Waals surface area (Å²) in [4.78, 5) is 35.7. The van der Waals surface area contributed by atoms with Crippen LogP contribution < -0.4 is 5.32 Å². The molecule has 22 heavy (non-hydrogen) atoms. The van der Waals surface area contributed by atoms with Crippen molar-refractivity contribution < 1.29 is 28.6 Å². The third kappa shape index (κ3) is 4.00. The van der Waals surface area contributed by atoms with Crippen molar-refractivity contribution in [1.82, 2.24) is 4.57 Å². The van der Waals surface area contributed by atoms with Gasteiger partial charge in [0.1, 0.15) is 11.4 Å². The summed E-state index contributed by atoms with van der Waals surface area (Å²) in [6.45, 7) is 5.42. The molecule has 1 aromatic rings. The molecule has 0 unspecified atom stereocenters. The molecule has 0 saturated heterocycles. The maximum Gasteiger partial charge on any atom is 0.412 e. The van der Waals surface area contributed by atoms with Crippen LogP contribution in [0.1, 0.15) is 41.5 Å². The first-order valence-electron chi connectivity index (χ1n) is 6.93. The monoisotopic (exact) mass is 312 g/mol. The number of amides is 1. The zero-order chi connectivity index (χ0) is 16.7. The Kier molecular flexibility index (Phi) is 6.43. The van der Waals surface area contributed by atoms with Crippen LogP contribution in [-0.4, -0.2) is 42.4 Å². The van der Waals surface area contributed by atoms with Gasteiger partial charge in [0, 0.05) is 13.2 Å². The van der Waals surface area contributed by atoms with Crippen LogP contribution in [0.5, 0.6) is 0 Å². The van der Waals surface area contributed by atoms with E-state index in [2.05, 4.69) is 5.32 Å². The van der Waals surface area contributed by atoms with Gasteiger partial charge in [0.15, 0.2) is 0 Å². The second kappa shape index (κ2) is 8.06. The summed E-state index contributed by atoms with van der Waals surface area (Å²) in [5, 5.41) is 2.43. The minimum absolute atomic E-state index is 0.0228. The molecule has 0 saturated carbocycles. The third-order valence-corrected chi connectivity index (χ3v) is 2.65. The average Bonchev–Trinajstić information content (AvgIpc) is 2.77. The number of aromatic nitrogens is 1. The fourth-order valence-electron chi connectivity index (χ4n) is 1.81. The molecule has 1 rings (SSSR count). The maximum absolute atomic E-state index is 12.1. The first kappa shape index (κ1) is 17.5. The van der Waals surface area contributed by atoms with E-state index in [9.17, 15) is 14.4 Å². The van der Waals surface area contributed by atoms with Crippen molar-refractivity contribution in [3.63, 3.8) is 0 Å². The van der Waals surface area contributed by atoms with Gasteiger partial charge in [-0.15, -0.1) is 0 Å². The predicted octanol–water partition coefficient (Wildman–Crippen LogP) is 1.95. The Morgan fingerprint density at radius 2 is 1.55 bits per heavy atom. The number of nitrogens with zero attached hydrogens (tertiary/aromatic N) is 1. The lowest BCUT2D eigenvalue weighted by Crippen LogP contribution is -2.19. The molecule has 0 atom stereocenters. The molecule has 1 N–H and O–H groups in total. The molecule has 0 radical (unpaired) electrons. The lowest BCUT2D eigenvalue weighted by molar-refractivity contribution is 0.0481. The largest absolute Gasteiger partial charge is 0.462 e. The van der Waals surface area contributed by atoms with E-state index in [1.54, 1.807) is 27.8 Å². The first-order chi connectivity index (χ1) is 10.5. The van der Waals surface area contributed by atoms with Gasteiger partial charge in [-0.3, -0.25) is 5.32 Å². The van der Waals surface area contributed by atoms with E-state index in [0.717, 1.165) is 0 Å². The number of nitrogens with one attached hydrogen (secondary N) is 1. The van der Waals surface area contributed by atoms with Gasteiger partial charge >= 0.3 is 18.0 Å². The van der Waals surface area contributed by atoms with Crippen molar-refractivity contribution in [3.8, 4) is 0 Å². The van der Waals surface area contributed by atoms with Gasteiger partial charge in [-0.2, -0.15) is 0 Å². The summed E-state index contributed by atoms with van der Waals surface area (Å²) >= 11 is 0. The minimum atomic E-state index is -0.732. The molecule has 1 heterocycles. The van der Waals surface area contributed by atoms with Gasteiger partial charge in [-0.05, 0) is 20.8 Å². The predicted molar refractivity (Wildman–Crippen MR) is 78.0 cm³/mol. The molecule has 0 spiro atoms. The maximum atomic E-state index is 12.1. The van der Waals surface area contributed by atoms with Crippen LogP contribution in [0.15, 0.2) is 6.20 Å². The number of anilines is 1. The summed E-state index contributed by atoms with van der Waals surface area (Å²) in [7, 11) is 1.58. The van der Waals surface area contributed by atoms with Crippen molar-refractivity contribution >= 4 is 23.8 Å². The molecular formula is C14H20N2O6. The zero-order valence-corrected chi connectivity index (χ0v) is 13.1. The zero-order valence-electron chi connectivity index (χ0n) is 13.1. The molecule has 0 aliphatic heterocycles. The third-order valence-electron chi connectivity index (χ3n) is 2.65. The number of ether oxygens (including phenoxy) is 3. The highest BCUT2D eigenvalue weighted by atomic mass is 16.6. The van der Waals surface area contributed by atoms with E-state index in [-0.39, 0.29) is 36.8 Å². The Bertz CT molecular complexity index is 564. The van der Waals surface area contributed by atoms with E-state index in [0.29, 0.717) is 0 Å².